The third-order valence-electron chi connectivity index (χ3n) is 3.69. The Kier molecular flexibility index (Phi) is 3.15. The van der Waals surface area contributed by atoms with Crippen LogP contribution in [0.15, 0.2) is 54.6 Å². The maximum Gasteiger partial charge on any atom is 0.0772 e. The van der Waals surface area contributed by atoms with Gasteiger partial charge in [0.2, 0.25) is 0 Å². The van der Waals surface area contributed by atoms with Gasteiger partial charge in [0, 0.05) is 5.56 Å². The molecule has 20 heavy (non-hydrogen) atoms. The van der Waals surface area contributed by atoms with Gasteiger partial charge < -0.3 is 0 Å². The minimum absolute atomic E-state index is 1.07. The lowest BCUT2D eigenvalue weighted by atomic mass is 10.1. The standard InChI is InChI=1S/C18H18N2/c1-13-9-11-16(12-10-13)18-14(2)15(3)19-20(18)17-7-5-4-6-8-17/h4-12H,1-3H3. The summed E-state index contributed by atoms with van der Waals surface area (Å²) in [5, 5.41) is 4.70. The first-order valence-electron chi connectivity index (χ1n) is 6.85. The molecule has 0 N–H and O–H groups in total. The summed E-state index contributed by atoms with van der Waals surface area (Å²) in [6.45, 7) is 6.31. The average molecular weight is 262 g/mol. The van der Waals surface area contributed by atoms with Gasteiger partial charge in [-0.25, -0.2) is 4.68 Å². The van der Waals surface area contributed by atoms with Crippen LogP contribution in [0.5, 0.6) is 0 Å². The van der Waals surface area contributed by atoms with Gasteiger partial charge in [-0.2, -0.15) is 5.10 Å². The molecule has 0 bridgehead atoms. The molecule has 2 heteroatoms. The van der Waals surface area contributed by atoms with E-state index in [1.807, 2.05) is 22.9 Å². The van der Waals surface area contributed by atoms with E-state index in [0.717, 1.165) is 11.4 Å². The Bertz CT molecular complexity index is 722. The third-order valence-corrected chi connectivity index (χ3v) is 3.69. The highest BCUT2D eigenvalue weighted by Crippen LogP contribution is 2.28. The summed E-state index contributed by atoms with van der Waals surface area (Å²) < 4.78 is 2.04. The minimum Gasteiger partial charge on any atom is -0.233 e. The van der Waals surface area contributed by atoms with Crippen molar-refractivity contribution < 1.29 is 0 Å². The first kappa shape index (κ1) is 12.7. The van der Waals surface area contributed by atoms with Gasteiger partial charge in [-0.05, 0) is 38.5 Å². The first-order chi connectivity index (χ1) is 9.66. The number of benzene rings is 2. The van der Waals surface area contributed by atoms with Crippen LogP contribution in [0.2, 0.25) is 0 Å². The molecule has 0 atom stereocenters. The molecule has 0 aliphatic rings. The highest BCUT2D eigenvalue weighted by molar-refractivity contribution is 5.67. The summed E-state index contributed by atoms with van der Waals surface area (Å²) in [6.07, 6.45) is 0. The summed E-state index contributed by atoms with van der Waals surface area (Å²) in [6, 6.07) is 18.9. The van der Waals surface area contributed by atoms with Crippen LogP contribution >= 0.6 is 0 Å². The van der Waals surface area contributed by atoms with Crippen molar-refractivity contribution in [1.82, 2.24) is 9.78 Å². The number of rotatable bonds is 2. The van der Waals surface area contributed by atoms with Gasteiger partial charge in [-0.3, -0.25) is 0 Å². The average Bonchev–Trinajstić information content (AvgIpc) is 2.77. The fraction of sp³-hybridized carbons (Fsp3) is 0.167. The summed E-state index contributed by atoms with van der Waals surface area (Å²) in [5.41, 5.74) is 7.06. The highest BCUT2D eigenvalue weighted by atomic mass is 15.3. The Morgan fingerprint density at radius 1 is 0.800 bits per heavy atom. The molecule has 0 unspecified atom stereocenters. The van der Waals surface area contributed by atoms with Crippen LogP contribution in [0.4, 0.5) is 0 Å². The quantitative estimate of drug-likeness (QED) is 0.666. The van der Waals surface area contributed by atoms with Crippen LogP contribution in [0.25, 0.3) is 16.9 Å². The molecule has 0 fully saturated rings. The smallest absolute Gasteiger partial charge is 0.0772 e. The summed E-state index contributed by atoms with van der Waals surface area (Å²) in [4.78, 5) is 0. The molecule has 0 aliphatic heterocycles. The maximum absolute atomic E-state index is 4.70. The predicted octanol–water partition coefficient (Wildman–Crippen LogP) is 4.46. The highest BCUT2D eigenvalue weighted by Gasteiger charge is 2.14. The second-order valence-electron chi connectivity index (χ2n) is 5.17. The van der Waals surface area contributed by atoms with Gasteiger partial charge in [0.15, 0.2) is 0 Å². The monoisotopic (exact) mass is 262 g/mol. The summed E-state index contributed by atoms with van der Waals surface area (Å²) >= 11 is 0. The maximum atomic E-state index is 4.70. The molecule has 1 heterocycles. The minimum atomic E-state index is 1.07. The Balaban J connectivity index is 2.22. The molecule has 0 spiro atoms. The molecule has 2 aromatic carbocycles. The van der Waals surface area contributed by atoms with Crippen molar-refractivity contribution in [1.29, 1.82) is 0 Å². The van der Waals surface area contributed by atoms with Gasteiger partial charge >= 0.3 is 0 Å². The van der Waals surface area contributed by atoms with Gasteiger partial charge in [0.25, 0.3) is 0 Å². The van der Waals surface area contributed by atoms with Crippen LogP contribution in [-0.2, 0) is 0 Å². The van der Waals surface area contributed by atoms with Crippen molar-refractivity contribution in [2.24, 2.45) is 0 Å². The van der Waals surface area contributed by atoms with Crippen LogP contribution in [0.1, 0.15) is 16.8 Å². The fourth-order valence-corrected chi connectivity index (χ4v) is 2.41. The number of aryl methyl sites for hydroxylation is 2. The number of hydrogen-bond acceptors (Lipinski definition) is 1. The van der Waals surface area contributed by atoms with Crippen molar-refractivity contribution in [3.8, 4) is 16.9 Å². The zero-order valence-corrected chi connectivity index (χ0v) is 12.1. The van der Waals surface area contributed by atoms with E-state index in [1.165, 1.54) is 22.4 Å². The topological polar surface area (TPSA) is 17.8 Å². The normalized spacial score (nSPS) is 10.8. The summed E-state index contributed by atoms with van der Waals surface area (Å²) in [7, 11) is 0. The van der Waals surface area contributed by atoms with E-state index in [2.05, 4.69) is 57.2 Å². The molecular formula is C18H18N2. The number of aromatic nitrogens is 2. The molecule has 0 saturated carbocycles. The zero-order chi connectivity index (χ0) is 14.1. The van der Waals surface area contributed by atoms with Crippen molar-refractivity contribution in [2.45, 2.75) is 20.8 Å². The van der Waals surface area contributed by atoms with Crippen molar-refractivity contribution in [2.75, 3.05) is 0 Å². The molecule has 3 aromatic rings. The van der Waals surface area contributed by atoms with Gasteiger partial charge in [-0.15, -0.1) is 0 Å². The molecule has 1 aromatic heterocycles. The van der Waals surface area contributed by atoms with E-state index in [1.54, 1.807) is 0 Å². The van der Waals surface area contributed by atoms with Gasteiger partial charge in [-0.1, -0.05) is 48.0 Å². The van der Waals surface area contributed by atoms with Crippen LogP contribution in [-0.4, -0.2) is 9.78 Å². The number of nitrogens with zero attached hydrogens (tertiary/aromatic N) is 2. The summed E-state index contributed by atoms with van der Waals surface area (Å²) in [5.74, 6) is 0. The lowest BCUT2D eigenvalue weighted by Gasteiger charge is -2.09. The van der Waals surface area contributed by atoms with E-state index < -0.39 is 0 Å². The van der Waals surface area contributed by atoms with Crippen molar-refractivity contribution in [3.63, 3.8) is 0 Å². The van der Waals surface area contributed by atoms with E-state index in [0.29, 0.717) is 0 Å². The van der Waals surface area contributed by atoms with Crippen LogP contribution in [0.3, 0.4) is 0 Å². The molecule has 0 saturated heterocycles. The van der Waals surface area contributed by atoms with Gasteiger partial charge in [0.05, 0.1) is 17.1 Å². The van der Waals surface area contributed by atoms with Crippen molar-refractivity contribution in [3.05, 3.63) is 71.4 Å². The molecule has 0 aliphatic carbocycles. The molecular weight excluding hydrogens is 244 g/mol. The Labute approximate surface area is 119 Å². The number of para-hydroxylation sites is 1. The van der Waals surface area contributed by atoms with Crippen molar-refractivity contribution >= 4 is 0 Å². The molecule has 0 amide bonds. The Morgan fingerprint density at radius 2 is 1.45 bits per heavy atom. The van der Waals surface area contributed by atoms with Crippen LogP contribution in [0, 0.1) is 20.8 Å². The lowest BCUT2D eigenvalue weighted by Crippen LogP contribution is -1.99. The number of hydrogen-bond donors (Lipinski definition) is 0. The van der Waals surface area contributed by atoms with Crippen LogP contribution < -0.4 is 0 Å². The van der Waals surface area contributed by atoms with Gasteiger partial charge in [0.1, 0.15) is 0 Å². The van der Waals surface area contributed by atoms with E-state index in [4.69, 9.17) is 5.10 Å². The van der Waals surface area contributed by atoms with E-state index in [9.17, 15) is 0 Å². The Morgan fingerprint density at radius 3 is 2.10 bits per heavy atom. The lowest BCUT2D eigenvalue weighted by molar-refractivity contribution is 0.869. The van der Waals surface area contributed by atoms with E-state index in [-0.39, 0.29) is 0 Å². The molecule has 0 radical (unpaired) electrons. The van der Waals surface area contributed by atoms with E-state index >= 15 is 0 Å². The fourth-order valence-electron chi connectivity index (χ4n) is 2.41. The first-order valence-corrected chi connectivity index (χ1v) is 6.85. The molecule has 100 valence electrons. The SMILES string of the molecule is Cc1ccc(-c2c(C)c(C)nn2-c2ccccc2)cc1. The zero-order valence-electron chi connectivity index (χ0n) is 12.1. The largest absolute Gasteiger partial charge is 0.233 e. The predicted molar refractivity (Wildman–Crippen MR) is 83.2 cm³/mol. The Hall–Kier alpha value is -2.35. The molecule has 2 nitrogen and oxygen atoms in total. The second-order valence-corrected chi connectivity index (χ2v) is 5.17. The third kappa shape index (κ3) is 2.14. The molecule has 3 rings (SSSR count). The second kappa shape index (κ2) is 4.97.